The monoisotopic (exact) mass is 377 g/mol. The number of carbonyl (C=O) groups excluding carboxylic acids is 1. The average Bonchev–Trinajstić information content (AvgIpc) is 2.52. The van der Waals surface area contributed by atoms with E-state index in [9.17, 15) is 26.4 Å². The molecule has 0 amide bonds. The third-order valence-electron chi connectivity index (χ3n) is 3.06. The highest BCUT2D eigenvalue weighted by Gasteiger charge is 2.33. The van der Waals surface area contributed by atoms with E-state index >= 15 is 0 Å². The van der Waals surface area contributed by atoms with Gasteiger partial charge in [-0.05, 0) is 41.9 Å². The Kier molecular flexibility index (Phi) is 5.19. The lowest BCUT2D eigenvalue weighted by molar-refractivity contribution is -0.137. The minimum atomic E-state index is -4.65. The van der Waals surface area contributed by atoms with E-state index in [1.807, 2.05) is 0 Å². The lowest BCUT2D eigenvalue weighted by Crippen LogP contribution is -2.34. The quantitative estimate of drug-likeness (QED) is 0.747. The van der Waals surface area contributed by atoms with Crippen LogP contribution in [-0.4, -0.2) is 20.2 Å². The SMILES string of the molecule is O=C(Cl)CN(c1cccc(C(F)(F)F)c1)S(=O)(=O)c1ccccc1. The molecular weight excluding hydrogens is 367 g/mol. The second-order valence-corrected chi connectivity index (χ2v) is 7.01. The summed E-state index contributed by atoms with van der Waals surface area (Å²) in [5, 5.41) is -1.02. The molecule has 2 aromatic carbocycles. The van der Waals surface area contributed by atoms with Crippen molar-refractivity contribution in [3.05, 3.63) is 60.2 Å². The zero-order valence-electron chi connectivity index (χ0n) is 12.0. The molecule has 0 atom stereocenters. The normalized spacial score (nSPS) is 12.0. The third-order valence-corrected chi connectivity index (χ3v) is 4.97. The van der Waals surface area contributed by atoms with Crippen molar-refractivity contribution in [3.8, 4) is 0 Å². The Morgan fingerprint density at radius 1 is 1.04 bits per heavy atom. The number of hydrogen-bond donors (Lipinski definition) is 0. The number of hydrogen-bond acceptors (Lipinski definition) is 3. The molecule has 0 heterocycles. The van der Waals surface area contributed by atoms with Gasteiger partial charge in [0.05, 0.1) is 16.1 Å². The first kappa shape index (κ1) is 18.3. The summed E-state index contributed by atoms with van der Waals surface area (Å²) in [5.41, 5.74) is -1.34. The molecule has 0 aromatic heterocycles. The van der Waals surface area contributed by atoms with E-state index in [2.05, 4.69) is 0 Å². The molecule has 4 nitrogen and oxygen atoms in total. The highest BCUT2D eigenvalue weighted by molar-refractivity contribution is 7.92. The van der Waals surface area contributed by atoms with Crippen molar-refractivity contribution in [1.82, 2.24) is 0 Å². The van der Waals surface area contributed by atoms with Gasteiger partial charge in [-0.1, -0.05) is 24.3 Å². The molecule has 0 unspecified atom stereocenters. The summed E-state index contributed by atoms with van der Waals surface area (Å²) in [6.45, 7) is -0.792. The second kappa shape index (κ2) is 6.82. The summed E-state index contributed by atoms with van der Waals surface area (Å²) in [5.74, 6) is 0. The van der Waals surface area contributed by atoms with Gasteiger partial charge in [-0.25, -0.2) is 8.42 Å². The van der Waals surface area contributed by atoms with E-state index in [-0.39, 0.29) is 10.6 Å². The van der Waals surface area contributed by atoms with E-state index in [0.29, 0.717) is 10.4 Å². The van der Waals surface area contributed by atoms with Crippen LogP contribution in [0.5, 0.6) is 0 Å². The Labute approximate surface area is 141 Å². The van der Waals surface area contributed by atoms with Gasteiger partial charge in [-0.3, -0.25) is 9.10 Å². The molecule has 0 spiro atoms. The van der Waals surface area contributed by atoms with E-state index in [1.165, 1.54) is 24.3 Å². The zero-order chi connectivity index (χ0) is 18.0. The number of alkyl halides is 3. The first-order chi connectivity index (χ1) is 11.1. The number of halogens is 4. The first-order valence-electron chi connectivity index (χ1n) is 6.56. The van der Waals surface area contributed by atoms with Crippen molar-refractivity contribution in [1.29, 1.82) is 0 Å². The highest BCUT2D eigenvalue weighted by Crippen LogP contribution is 2.33. The minimum absolute atomic E-state index is 0.166. The van der Waals surface area contributed by atoms with Crippen LogP contribution >= 0.6 is 11.6 Å². The van der Waals surface area contributed by atoms with E-state index in [4.69, 9.17) is 11.6 Å². The standard InChI is InChI=1S/C15H11ClF3NO3S/c16-14(21)10-20(24(22,23)13-7-2-1-3-8-13)12-6-4-5-11(9-12)15(17,18)19/h1-9H,10H2. The number of carbonyl (C=O) groups is 1. The van der Waals surface area contributed by atoms with Crippen LogP contribution in [0.4, 0.5) is 18.9 Å². The summed E-state index contributed by atoms with van der Waals surface area (Å²) in [6.07, 6.45) is -4.65. The fourth-order valence-corrected chi connectivity index (χ4v) is 3.61. The number of benzene rings is 2. The molecular formula is C15H11ClF3NO3S. The highest BCUT2D eigenvalue weighted by atomic mass is 35.5. The Morgan fingerprint density at radius 3 is 2.21 bits per heavy atom. The molecule has 0 aliphatic rings. The second-order valence-electron chi connectivity index (χ2n) is 4.73. The summed E-state index contributed by atoms with van der Waals surface area (Å²) < 4.78 is 64.4. The summed E-state index contributed by atoms with van der Waals surface area (Å²) >= 11 is 5.28. The number of sulfonamides is 1. The maximum atomic E-state index is 12.9. The maximum absolute atomic E-state index is 12.9. The molecule has 2 aromatic rings. The smallest absolute Gasteiger partial charge is 0.279 e. The molecule has 0 saturated heterocycles. The van der Waals surface area contributed by atoms with Crippen LogP contribution in [0.3, 0.4) is 0 Å². The molecule has 24 heavy (non-hydrogen) atoms. The van der Waals surface area contributed by atoms with Crippen LogP contribution in [0, 0.1) is 0 Å². The largest absolute Gasteiger partial charge is 0.416 e. The van der Waals surface area contributed by atoms with E-state index in [1.54, 1.807) is 6.07 Å². The number of anilines is 1. The molecule has 0 bridgehead atoms. The molecule has 0 aliphatic heterocycles. The third kappa shape index (κ3) is 4.07. The molecule has 0 radical (unpaired) electrons. The van der Waals surface area contributed by atoms with Crippen LogP contribution in [0.1, 0.15) is 5.56 Å². The zero-order valence-corrected chi connectivity index (χ0v) is 13.6. The lowest BCUT2D eigenvalue weighted by atomic mass is 10.2. The van der Waals surface area contributed by atoms with Gasteiger partial charge >= 0.3 is 6.18 Å². The predicted molar refractivity (Wildman–Crippen MR) is 83.3 cm³/mol. The van der Waals surface area contributed by atoms with Crippen LogP contribution < -0.4 is 4.31 Å². The van der Waals surface area contributed by atoms with Crippen molar-refractivity contribution in [2.24, 2.45) is 0 Å². The van der Waals surface area contributed by atoms with Gasteiger partial charge in [-0.2, -0.15) is 13.2 Å². The van der Waals surface area contributed by atoms with Crippen molar-refractivity contribution < 1.29 is 26.4 Å². The molecule has 0 saturated carbocycles. The Bertz CT molecular complexity index is 839. The first-order valence-corrected chi connectivity index (χ1v) is 8.37. The fraction of sp³-hybridized carbons (Fsp3) is 0.133. The summed E-state index contributed by atoms with van der Waals surface area (Å²) in [6, 6.07) is 10.7. The van der Waals surface area contributed by atoms with Crippen LogP contribution in [0.15, 0.2) is 59.5 Å². The van der Waals surface area contributed by atoms with Gasteiger partial charge in [0, 0.05) is 0 Å². The van der Waals surface area contributed by atoms with Gasteiger partial charge < -0.3 is 0 Å². The van der Waals surface area contributed by atoms with Crippen molar-refractivity contribution in [2.75, 3.05) is 10.8 Å². The van der Waals surface area contributed by atoms with Gasteiger partial charge in [0.1, 0.15) is 6.54 Å². The molecule has 0 fully saturated rings. The number of rotatable bonds is 5. The van der Waals surface area contributed by atoms with E-state index in [0.717, 1.165) is 18.2 Å². The molecule has 2 rings (SSSR count). The summed E-state index contributed by atoms with van der Waals surface area (Å²) in [7, 11) is -4.25. The molecule has 0 N–H and O–H groups in total. The van der Waals surface area contributed by atoms with Gasteiger partial charge in [-0.15, -0.1) is 0 Å². The minimum Gasteiger partial charge on any atom is -0.279 e. The maximum Gasteiger partial charge on any atom is 0.416 e. The van der Waals surface area contributed by atoms with Crippen LogP contribution in [0.25, 0.3) is 0 Å². The topological polar surface area (TPSA) is 54.5 Å². The van der Waals surface area contributed by atoms with Gasteiger partial charge in [0.2, 0.25) is 5.24 Å². The van der Waals surface area contributed by atoms with Crippen molar-refractivity contribution >= 4 is 32.6 Å². The van der Waals surface area contributed by atoms with E-state index < -0.39 is 33.6 Å². The predicted octanol–water partition coefficient (Wildman–Crippen LogP) is 3.67. The van der Waals surface area contributed by atoms with Crippen LogP contribution in [0.2, 0.25) is 0 Å². The number of nitrogens with zero attached hydrogens (tertiary/aromatic N) is 1. The Morgan fingerprint density at radius 2 is 1.67 bits per heavy atom. The molecule has 0 aliphatic carbocycles. The Hall–Kier alpha value is -2.06. The van der Waals surface area contributed by atoms with Gasteiger partial charge in [0.25, 0.3) is 10.0 Å². The molecule has 9 heteroatoms. The summed E-state index contributed by atoms with van der Waals surface area (Å²) in [4.78, 5) is 11.1. The van der Waals surface area contributed by atoms with Gasteiger partial charge in [0.15, 0.2) is 0 Å². The van der Waals surface area contributed by atoms with Crippen LogP contribution in [-0.2, 0) is 21.0 Å². The van der Waals surface area contributed by atoms with Crippen molar-refractivity contribution in [3.63, 3.8) is 0 Å². The van der Waals surface area contributed by atoms with Crippen molar-refractivity contribution in [2.45, 2.75) is 11.1 Å². The molecule has 128 valence electrons. The average molecular weight is 378 g/mol. The fourth-order valence-electron chi connectivity index (χ4n) is 1.99. The Balaban J connectivity index is 2.57. The lowest BCUT2D eigenvalue weighted by Gasteiger charge is -2.23.